The highest BCUT2D eigenvalue weighted by Gasteiger charge is 2.24. The van der Waals surface area contributed by atoms with Gasteiger partial charge in [0.25, 0.3) is 0 Å². The van der Waals surface area contributed by atoms with Crippen LogP contribution in [-0.4, -0.2) is 20.0 Å². The number of fused-ring (bicyclic) bond motifs is 1. The summed E-state index contributed by atoms with van der Waals surface area (Å²) in [5.74, 6) is 0.339. The number of carbonyl (C=O) groups excluding carboxylic acids is 1. The molecule has 0 fully saturated rings. The van der Waals surface area contributed by atoms with E-state index in [4.69, 9.17) is 0 Å². The highest BCUT2D eigenvalue weighted by Crippen LogP contribution is 2.29. The zero-order chi connectivity index (χ0) is 10.3. The Bertz CT molecular complexity index is 482. The van der Waals surface area contributed by atoms with E-state index in [-0.39, 0.29) is 17.3 Å². The molecular formula is C9H10O3S2. The van der Waals surface area contributed by atoms with Gasteiger partial charge in [-0.25, -0.2) is 8.42 Å². The maximum absolute atomic E-state index is 11.3. The molecule has 0 unspecified atom stereocenters. The number of ketones is 1. The van der Waals surface area contributed by atoms with Crippen LogP contribution in [0.25, 0.3) is 0 Å². The van der Waals surface area contributed by atoms with Gasteiger partial charge in [0.05, 0.1) is 16.4 Å². The molecule has 1 aliphatic rings. The second-order valence-electron chi connectivity index (χ2n) is 3.46. The Morgan fingerprint density at radius 2 is 2.21 bits per heavy atom. The van der Waals surface area contributed by atoms with Crippen molar-refractivity contribution in [3.63, 3.8) is 0 Å². The van der Waals surface area contributed by atoms with Gasteiger partial charge in [-0.15, -0.1) is 11.3 Å². The molecule has 1 aliphatic heterocycles. The second kappa shape index (κ2) is 3.17. The van der Waals surface area contributed by atoms with Gasteiger partial charge in [-0.3, -0.25) is 4.79 Å². The van der Waals surface area contributed by atoms with Crippen LogP contribution in [0, 0.1) is 0 Å². The van der Waals surface area contributed by atoms with Crippen LogP contribution in [0.4, 0.5) is 0 Å². The fourth-order valence-corrected chi connectivity index (χ4v) is 4.22. The number of thiophene rings is 1. The first kappa shape index (κ1) is 9.86. The van der Waals surface area contributed by atoms with E-state index >= 15 is 0 Å². The molecule has 1 aromatic rings. The van der Waals surface area contributed by atoms with Crippen molar-refractivity contribution in [2.45, 2.75) is 19.1 Å². The van der Waals surface area contributed by atoms with Gasteiger partial charge in [0.1, 0.15) is 0 Å². The van der Waals surface area contributed by atoms with Crippen molar-refractivity contribution in [2.24, 2.45) is 0 Å². The smallest absolute Gasteiger partial charge is 0.169 e. The van der Waals surface area contributed by atoms with E-state index in [0.29, 0.717) is 11.3 Å². The predicted octanol–water partition coefficient (Wildman–Crippen LogP) is 1.42. The number of hydrogen-bond acceptors (Lipinski definition) is 4. The fraction of sp³-hybridized carbons (Fsp3) is 0.444. The van der Waals surface area contributed by atoms with E-state index in [9.17, 15) is 13.2 Å². The van der Waals surface area contributed by atoms with Gasteiger partial charge in [-0.05, 0) is 25.0 Å². The normalized spacial score (nSPS) is 18.9. The standard InChI is InChI=1S/C9H10O3S2/c1-6(10)9-4-7-5-14(11,12)3-2-8(7)13-9/h4H,2-3,5H2,1H3. The van der Waals surface area contributed by atoms with Crippen molar-refractivity contribution in [3.8, 4) is 0 Å². The maximum atomic E-state index is 11.3. The first-order valence-corrected chi connectivity index (χ1v) is 6.95. The largest absolute Gasteiger partial charge is 0.294 e. The molecule has 2 rings (SSSR count). The van der Waals surface area contributed by atoms with Crippen molar-refractivity contribution in [1.29, 1.82) is 0 Å². The Hall–Kier alpha value is -0.680. The van der Waals surface area contributed by atoms with Gasteiger partial charge in [0.2, 0.25) is 0 Å². The minimum Gasteiger partial charge on any atom is -0.294 e. The van der Waals surface area contributed by atoms with E-state index in [2.05, 4.69) is 0 Å². The van der Waals surface area contributed by atoms with E-state index < -0.39 is 9.84 Å². The minimum absolute atomic E-state index is 0.0156. The number of rotatable bonds is 1. The minimum atomic E-state index is -2.91. The second-order valence-corrected chi connectivity index (χ2v) is 6.78. The number of sulfone groups is 1. The monoisotopic (exact) mass is 230 g/mol. The lowest BCUT2D eigenvalue weighted by molar-refractivity contribution is 0.102. The number of aryl methyl sites for hydroxylation is 1. The predicted molar refractivity (Wildman–Crippen MR) is 55.5 cm³/mol. The third-order valence-corrected chi connectivity index (χ3v) is 5.17. The molecule has 0 spiro atoms. The summed E-state index contributed by atoms with van der Waals surface area (Å²) in [7, 11) is -2.91. The van der Waals surface area contributed by atoms with Crippen LogP contribution in [0.15, 0.2) is 6.07 Å². The molecule has 0 saturated heterocycles. The van der Waals surface area contributed by atoms with E-state index in [1.165, 1.54) is 18.3 Å². The summed E-state index contributed by atoms with van der Waals surface area (Å²) in [6, 6.07) is 1.72. The summed E-state index contributed by atoms with van der Waals surface area (Å²) < 4.78 is 22.6. The van der Waals surface area contributed by atoms with Crippen LogP contribution in [-0.2, 0) is 22.0 Å². The van der Waals surface area contributed by atoms with E-state index in [1.54, 1.807) is 6.07 Å². The SMILES string of the molecule is CC(=O)c1cc2c(s1)CCS(=O)(=O)C2. The lowest BCUT2D eigenvalue weighted by atomic mass is 10.2. The van der Waals surface area contributed by atoms with Crippen molar-refractivity contribution in [3.05, 3.63) is 21.4 Å². The molecule has 1 aromatic heterocycles. The van der Waals surface area contributed by atoms with Crippen molar-refractivity contribution in [2.75, 3.05) is 5.75 Å². The average Bonchev–Trinajstić information content (AvgIpc) is 2.45. The van der Waals surface area contributed by atoms with Crippen molar-refractivity contribution in [1.82, 2.24) is 0 Å². The van der Waals surface area contributed by atoms with Gasteiger partial charge >= 0.3 is 0 Å². The zero-order valence-corrected chi connectivity index (χ0v) is 9.37. The quantitative estimate of drug-likeness (QED) is 0.686. The van der Waals surface area contributed by atoms with Gasteiger partial charge in [0, 0.05) is 4.88 Å². The molecule has 2 heterocycles. The molecule has 0 aliphatic carbocycles. The van der Waals surface area contributed by atoms with Crippen LogP contribution in [0.3, 0.4) is 0 Å². The molecule has 5 heteroatoms. The summed E-state index contributed by atoms with van der Waals surface area (Å²) in [4.78, 5) is 12.8. The van der Waals surface area contributed by atoms with Crippen LogP contribution in [0.5, 0.6) is 0 Å². The highest BCUT2D eigenvalue weighted by atomic mass is 32.2. The van der Waals surface area contributed by atoms with E-state index in [0.717, 1.165) is 10.4 Å². The molecule has 3 nitrogen and oxygen atoms in total. The number of Topliss-reactive ketones (excluding diaryl/α,β-unsaturated/α-hetero) is 1. The Labute approximate surface area is 86.7 Å². The summed E-state index contributed by atoms with van der Waals surface area (Å²) in [6.45, 7) is 1.51. The Kier molecular flexibility index (Phi) is 2.23. The van der Waals surface area contributed by atoms with Gasteiger partial charge in [-0.1, -0.05) is 0 Å². The van der Waals surface area contributed by atoms with Crippen LogP contribution in [0.2, 0.25) is 0 Å². The number of carbonyl (C=O) groups is 1. The molecule has 0 N–H and O–H groups in total. The first-order chi connectivity index (χ1) is 6.48. The maximum Gasteiger partial charge on any atom is 0.169 e. The highest BCUT2D eigenvalue weighted by molar-refractivity contribution is 7.90. The van der Waals surface area contributed by atoms with Gasteiger partial charge in [0.15, 0.2) is 15.6 Å². The van der Waals surface area contributed by atoms with Crippen molar-refractivity contribution >= 4 is 27.0 Å². The van der Waals surface area contributed by atoms with Crippen LogP contribution < -0.4 is 0 Å². The Balaban J connectivity index is 2.44. The molecule has 0 aromatic carbocycles. The molecule has 0 amide bonds. The Morgan fingerprint density at radius 3 is 2.86 bits per heavy atom. The number of hydrogen-bond donors (Lipinski definition) is 0. The lowest BCUT2D eigenvalue weighted by Crippen LogP contribution is -2.16. The molecule has 76 valence electrons. The fourth-order valence-electron chi connectivity index (χ4n) is 1.53. The van der Waals surface area contributed by atoms with Crippen LogP contribution in [0.1, 0.15) is 27.0 Å². The van der Waals surface area contributed by atoms with Crippen molar-refractivity contribution < 1.29 is 13.2 Å². The van der Waals surface area contributed by atoms with E-state index in [1.807, 2.05) is 0 Å². The topological polar surface area (TPSA) is 51.2 Å². The molecule has 0 radical (unpaired) electrons. The van der Waals surface area contributed by atoms with Crippen LogP contribution >= 0.6 is 11.3 Å². The zero-order valence-electron chi connectivity index (χ0n) is 7.74. The Morgan fingerprint density at radius 1 is 1.50 bits per heavy atom. The van der Waals surface area contributed by atoms with Gasteiger partial charge < -0.3 is 0 Å². The summed E-state index contributed by atoms with van der Waals surface area (Å²) in [5.41, 5.74) is 0.825. The van der Waals surface area contributed by atoms with Gasteiger partial charge in [-0.2, -0.15) is 0 Å². The molecule has 0 bridgehead atoms. The first-order valence-electron chi connectivity index (χ1n) is 4.31. The third-order valence-electron chi connectivity index (χ3n) is 2.26. The summed E-state index contributed by atoms with van der Waals surface area (Å²) in [6.07, 6.45) is 0.565. The summed E-state index contributed by atoms with van der Waals surface area (Å²) in [5, 5.41) is 0. The molecule has 14 heavy (non-hydrogen) atoms. The summed E-state index contributed by atoms with van der Waals surface area (Å²) >= 11 is 1.43. The molecule has 0 saturated carbocycles. The lowest BCUT2D eigenvalue weighted by Gasteiger charge is -2.10. The average molecular weight is 230 g/mol. The molecule has 0 atom stereocenters. The third kappa shape index (κ3) is 1.74. The molecular weight excluding hydrogens is 220 g/mol.